The molecule has 0 radical (unpaired) electrons. The van der Waals surface area contributed by atoms with E-state index < -0.39 is 0 Å². The van der Waals surface area contributed by atoms with E-state index in [2.05, 4.69) is 178 Å². The summed E-state index contributed by atoms with van der Waals surface area (Å²) in [6, 6.07) is 62.9. The molecular formula is C53H31N3O2. The average molecular weight is 742 g/mol. The van der Waals surface area contributed by atoms with Crippen molar-refractivity contribution in [3.63, 3.8) is 0 Å². The normalized spacial score (nSPS) is 12.1. The number of nitrogens with zero attached hydrogens (tertiary/aromatic N) is 3. The van der Waals surface area contributed by atoms with Gasteiger partial charge in [-0.25, -0.2) is 0 Å². The van der Waals surface area contributed by atoms with Gasteiger partial charge < -0.3 is 18.0 Å². The van der Waals surface area contributed by atoms with Gasteiger partial charge in [0.05, 0.1) is 28.3 Å². The van der Waals surface area contributed by atoms with Gasteiger partial charge in [-0.1, -0.05) is 84.9 Å². The predicted molar refractivity (Wildman–Crippen MR) is 238 cm³/mol. The Morgan fingerprint density at radius 2 is 0.776 bits per heavy atom. The minimum atomic E-state index is 0.857. The Bertz CT molecular complexity index is 3710. The monoisotopic (exact) mass is 741 g/mol. The van der Waals surface area contributed by atoms with Crippen molar-refractivity contribution in [2.24, 2.45) is 0 Å². The fourth-order valence-corrected chi connectivity index (χ4v) is 9.36. The van der Waals surface area contributed by atoms with Gasteiger partial charge in [-0.15, -0.1) is 0 Å². The minimum absolute atomic E-state index is 0.857. The third-order valence-electron chi connectivity index (χ3n) is 12.0. The molecule has 8 aromatic carbocycles. The molecule has 0 amide bonds. The first-order chi connectivity index (χ1) is 28.7. The summed E-state index contributed by atoms with van der Waals surface area (Å²) in [5.41, 5.74) is 14.7. The molecule has 5 heterocycles. The van der Waals surface area contributed by atoms with Crippen LogP contribution in [-0.2, 0) is 0 Å². The van der Waals surface area contributed by atoms with E-state index in [0.717, 1.165) is 88.5 Å². The average Bonchev–Trinajstić information content (AvgIpc) is 4.03. The third kappa shape index (κ3) is 4.50. The number of hydrogen-bond donors (Lipinski definition) is 0. The van der Waals surface area contributed by atoms with E-state index in [-0.39, 0.29) is 0 Å². The van der Waals surface area contributed by atoms with Gasteiger partial charge >= 0.3 is 0 Å². The summed E-state index contributed by atoms with van der Waals surface area (Å²) in [6.07, 6.45) is 3.83. The predicted octanol–water partition coefficient (Wildman–Crippen LogP) is 14.4. The van der Waals surface area contributed by atoms with E-state index in [4.69, 9.17) is 8.83 Å². The maximum absolute atomic E-state index is 6.50. The Morgan fingerprint density at radius 3 is 1.40 bits per heavy atom. The summed E-state index contributed by atoms with van der Waals surface area (Å²) in [5.74, 6) is 0. The van der Waals surface area contributed by atoms with Gasteiger partial charge in [0, 0.05) is 60.7 Å². The number of benzene rings is 8. The molecule has 13 rings (SSSR count). The van der Waals surface area contributed by atoms with Crippen molar-refractivity contribution in [3.05, 3.63) is 188 Å². The Balaban J connectivity index is 1.04. The van der Waals surface area contributed by atoms with Gasteiger partial charge in [0.15, 0.2) is 0 Å². The molecule has 0 unspecified atom stereocenters. The van der Waals surface area contributed by atoms with Crippen LogP contribution in [0.4, 0.5) is 0 Å². The summed E-state index contributed by atoms with van der Waals surface area (Å²) in [4.78, 5) is 4.51. The zero-order valence-electron chi connectivity index (χ0n) is 31.1. The standard InChI is InChI=1S/C53H31N3O2/c1-6-14-47-38(9-1)39-10-2-7-15-48(39)56(47)37-26-34(32-17-20-51-43(28-32)42-12-4-8-16-50(42)57-51)25-35(27-37)33-18-21-52-44(29-33)45-30-36(19-22-53(45)58-52)55-46-13-5-3-11-40(46)41-23-24-54-31-49(41)55/h1-31H. The maximum atomic E-state index is 6.50. The number of para-hydroxylation sites is 4. The molecule has 270 valence electrons. The van der Waals surface area contributed by atoms with Gasteiger partial charge in [-0.2, -0.15) is 0 Å². The topological polar surface area (TPSA) is 49.0 Å². The van der Waals surface area contributed by atoms with Crippen molar-refractivity contribution >= 4 is 87.5 Å². The molecule has 0 atom stereocenters. The molecule has 0 N–H and O–H groups in total. The van der Waals surface area contributed by atoms with Crippen LogP contribution in [0, 0.1) is 0 Å². The number of furan rings is 2. The van der Waals surface area contributed by atoms with Crippen LogP contribution < -0.4 is 0 Å². The molecule has 5 heteroatoms. The van der Waals surface area contributed by atoms with Crippen LogP contribution in [0.3, 0.4) is 0 Å². The van der Waals surface area contributed by atoms with Crippen molar-refractivity contribution in [2.75, 3.05) is 0 Å². The highest BCUT2D eigenvalue weighted by Crippen LogP contribution is 2.41. The Morgan fingerprint density at radius 1 is 0.310 bits per heavy atom. The number of pyridine rings is 1. The molecular weight excluding hydrogens is 711 g/mol. The maximum Gasteiger partial charge on any atom is 0.135 e. The summed E-state index contributed by atoms with van der Waals surface area (Å²) >= 11 is 0. The van der Waals surface area contributed by atoms with E-state index in [1.807, 2.05) is 24.5 Å². The molecule has 0 aliphatic heterocycles. The first kappa shape index (κ1) is 31.3. The lowest BCUT2D eigenvalue weighted by atomic mass is 9.96. The van der Waals surface area contributed by atoms with Gasteiger partial charge in [0.2, 0.25) is 0 Å². The van der Waals surface area contributed by atoms with Crippen LogP contribution in [0.2, 0.25) is 0 Å². The van der Waals surface area contributed by atoms with Crippen LogP contribution in [0.15, 0.2) is 197 Å². The summed E-state index contributed by atoms with van der Waals surface area (Å²) in [6.45, 7) is 0. The molecule has 0 aliphatic carbocycles. The fourth-order valence-electron chi connectivity index (χ4n) is 9.36. The number of rotatable bonds is 4. The van der Waals surface area contributed by atoms with Crippen LogP contribution in [0.1, 0.15) is 0 Å². The number of hydrogen-bond acceptors (Lipinski definition) is 3. The van der Waals surface area contributed by atoms with Crippen molar-refractivity contribution in [1.82, 2.24) is 14.1 Å². The minimum Gasteiger partial charge on any atom is -0.456 e. The molecule has 13 aromatic rings. The summed E-state index contributed by atoms with van der Waals surface area (Å²) in [7, 11) is 0. The van der Waals surface area contributed by atoms with E-state index >= 15 is 0 Å². The second-order valence-electron chi connectivity index (χ2n) is 15.2. The van der Waals surface area contributed by atoms with Crippen molar-refractivity contribution in [3.8, 4) is 33.6 Å². The van der Waals surface area contributed by atoms with Gasteiger partial charge in [0.1, 0.15) is 22.3 Å². The highest BCUT2D eigenvalue weighted by atomic mass is 16.3. The first-order valence-corrected chi connectivity index (χ1v) is 19.6. The first-order valence-electron chi connectivity index (χ1n) is 19.6. The van der Waals surface area contributed by atoms with Crippen LogP contribution in [0.5, 0.6) is 0 Å². The van der Waals surface area contributed by atoms with Crippen molar-refractivity contribution in [2.45, 2.75) is 0 Å². The fraction of sp³-hybridized carbons (Fsp3) is 0. The molecule has 0 aliphatic rings. The molecule has 58 heavy (non-hydrogen) atoms. The van der Waals surface area contributed by atoms with Crippen LogP contribution >= 0.6 is 0 Å². The van der Waals surface area contributed by atoms with Crippen LogP contribution in [-0.4, -0.2) is 14.1 Å². The SMILES string of the molecule is c1ccc2c(c1)oc1ccc(-c3cc(-c4ccc5oc6ccc(-n7c8ccccc8c8ccncc87)cc6c5c4)cc(-n4c5ccccc5c5ccccc54)c3)cc12. The molecule has 5 aromatic heterocycles. The molecule has 0 bridgehead atoms. The quantitative estimate of drug-likeness (QED) is 0.180. The molecule has 0 spiro atoms. The Kier molecular flexibility index (Phi) is 6.38. The lowest BCUT2D eigenvalue weighted by Crippen LogP contribution is -1.96. The lowest BCUT2D eigenvalue weighted by Gasteiger charge is -2.14. The molecule has 0 saturated heterocycles. The highest BCUT2D eigenvalue weighted by molar-refractivity contribution is 6.12. The van der Waals surface area contributed by atoms with E-state index in [0.29, 0.717) is 0 Å². The summed E-state index contributed by atoms with van der Waals surface area (Å²) in [5, 5.41) is 9.23. The van der Waals surface area contributed by atoms with Gasteiger partial charge in [-0.3, -0.25) is 4.98 Å². The molecule has 0 fully saturated rings. The van der Waals surface area contributed by atoms with Crippen molar-refractivity contribution in [1.29, 1.82) is 0 Å². The number of fused-ring (bicyclic) bond motifs is 12. The van der Waals surface area contributed by atoms with Crippen LogP contribution in [0.25, 0.3) is 121 Å². The third-order valence-corrected chi connectivity index (χ3v) is 12.0. The van der Waals surface area contributed by atoms with Crippen molar-refractivity contribution < 1.29 is 8.83 Å². The van der Waals surface area contributed by atoms with Gasteiger partial charge in [-0.05, 0) is 113 Å². The number of aromatic nitrogens is 3. The largest absolute Gasteiger partial charge is 0.456 e. The molecule has 5 nitrogen and oxygen atoms in total. The van der Waals surface area contributed by atoms with E-state index in [1.165, 1.54) is 32.6 Å². The second kappa shape index (κ2) is 11.8. The molecule has 0 saturated carbocycles. The highest BCUT2D eigenvalue weighted by Gasteiger charge is 2.18. The zero-order chi connectivity index (χ0) is 37.9. The zero-order valence-corrected chi connectivity index (χ0v) is 31.1. The van der Waals surface area contributed by atoms with Gasteiger partial charge in [0.25, 0.3) is 0 Å². The smallest absolute Gasteiger partial charge is 0.135 e. The Hall–Kier alpha value is -7.89. The van der Waals surface area contributed by atoms with E-state index in [9.17, 15) is 0 Å². The Labute approximate surface area is 331 Å². The summed E-state index contributed by atoms with van der Waals surface area (Å²) < 4.78 is 17.4. The lowest BCUT2D eigenvalue weighted by molar-refractivity contribution is 0.668. The second-order valence-corrected chi connectivity index (χ2v) is 15.2. The van der Waals surface area contributed by atoms with E-state index in [1.54, 1.807) is 0 Å².